The standard InChI is InChI=1S/C12H18N4O/c1-10-4-6-13-12(15-10)14-7-5-11(17)16-8-2-3-9-16/h4,6H,2-3,5,7-9H2,1H3,(H,13,14,15). The van der Waals surface area contributed by atoms with Gasteiger partial charge in [0.2, 0.25) is 11.9 Å². The van der Waals surface area contributed by atoms with Crippen LogP contribution in [0, 0.1) is 6.92 Å². The van der Waals surface area contributed by atoms with E-state index in [1.54, 1.807) is 6.20 Å². The first-order chi connectivity index (χ1) is 8.25. The molecule has 1 saturated heterocycles. The molecule has 0 aliphatic carbocycles. The highest BCUT2D eigenvalue weighted by Gasteiger charge is 2.16. The minimum absolute atomic E-state index is 0.225. The molecule has 17 heavy (non-hydrogen) atoms. The third kappa shape index (κ3) is 3.41. The van der Waals surface area contributed by atoms with Crippen LogP contribution in [0.1, 0.15) is 25.0 Å². The van der Waals surface area contributed by atoms with Crippen molar-refractivity contribution in [1.82, 2.24) is 14.9 Å². The number of nitrogens with one attached hydrogen (secondary N) is 1. The van der Waals surface area contributed by atoms with E-state index in [-0.39, 0.29) is 5.91 Å². The van der Waals surface area contributed by atoms with Crippen molar-refractivity contribution in [2.75, 3.05) is 25.0 Å². The predicted molar refractivity (Wildman–Crippen MR) is 65.7 cm³/mol. The molecule has 92 valence electrons. The number of anilines is 1. The lowest BCUT2D eigenvalue weighted by atomic mass is 10.3. The van der Waals surface area contributed by atoms with Gasteiger partial charge in [-0.2, -0.15) is 0 Å². The second-order valence-electron chi connectivity index (χ2n) is 4.29. The Bertz CT molecular complexity index is 388. The molecule has 1 amide bonds. The Kier molecular flexibility index (Phi) is 3.90. The molecule has 0 unspecified atom stereocenters. The highest BCUT2D eigenvalue weighted by atomic mass is 16.2. The molecule has 0 radical (unpaired) electrons. The maximum absolute atomic E-state index is 11.7. The molecule has 0 bridgehead atoms. The van der Waals surface area contributed by atoms with E-state index < -0.39 is 0 Å². The zero-order valence-corrected chi connectivity index (χ0v) is 10.1. The molecule has 0 aromatic carbocycles. The van der Waals surface area contributed by atoms with E-state index in [4.69, 9.17) is 0 Å². The molecule has 2 heterocycles. The quantitative estimate of drug-likeness (QED) is 0.850. The van der Waals surface area contributed by atoms with Crippen LogP contribution in [0.5, 0.6) is 0 Å². The number of amides is 1. The van der Waals surface area contributed by atoms with E-state index in [1.807, 2.05) is 17.9 Å². The maximum Gasteiger partial charge on any atom is 0.224 e. The van der Waals surface area contributed by atoms with Crippen molar-refractivity contribution in [2.45, 2.75) is 26.2 Å². The lowest BCUT2D eigenvalue weighted by molar-refractivity contribution is -0.129. The van der Waals surface area contributed by atoms with Crippen LogP contribution in [0.3, 0.4) is 0 Å². The van der Waals surface area contributed by atoms with Crippen molar-refractivity contribution in [3.8, 4) is 0 Å². The molecule has 1 aliphatic rings. The van der Waals surface area contributed by atoms with E-state index in [1.165, 1.54) is 0 Å². The summed E-state index contributed by atoms with van der Waals surface area (Å²) in [6.07, 6.45) is 4.50. The first-order valence-corrected chi connectivity index (χ1v) is 6.07. The Morgan fingerprint density at radius 1 is 1.47 bits per heavy atom. The number of nitrogens with zero attached hydrogens (tertiary/aromatic N) is 3. The van der Waals surface area contributed by atoms with Gasteiger partial charge in [0.1, 0.15) is 0 Å². The van der Waals surface area contributed by atoms with Crippen LogP contribution in [0.2, 0.25) is 0 Å². The van der Waals surface area contributed by atoms with Gasteiger partial charge in [-0.15, -0.1) is 0 Å². The van der Waals surface area contributed by atoms with Crippen LogP contribution in [0.25, 0.3) is 0 Å². The van der Waals surface area contributed by atoms with Gasteiger partial charge in [-0.3, -0.25) is 4.79 Å². The summed E-state index contributed by atoms with van der Waals surface area (Å²) >= 11 is 0. The van der Waals surface area contributed by atoms with Crippen molar-refractivity contribution in [2.24, 2.45) is 0 Å². The van der Waals surface area contributed by atoms with Crippen LogP contribution in [0.15, 0.2) is 12.3 Å². The Labute approximate surface area is 101 Å². The molecule has 0 saturated carbocycles. The van der Waals surface area contributed by atoms with Gasteiger partial charge in [0, 0.05) is 37.9 Å². The predicted octanol–water partition coefficient (Wildman–Crippen LogP) is 1.21. The van der Waals surface area contributed by atoms with Crippen LogP contribution < -0.4 is 5.32 Å². The zero-order chi connectivity index (χ0) is 12.1. The molecule has 1 aromatic rings. The van der Waals surface area contributed by atoms with Crippen molar-refractivity contribution in [1.29, 1.82) is 0 Å². The molecule has 5 heteroatoms. The molecule has 1 fully saturated rings. The summed E-state index contributed by atoms with van der Waals surface area (Å²) in [5, 5.41) is 3.07. The van der Waals surface area contributed by atoms with Crippen molar-refractivity contribution in [3.05, 3.63) is 18.0 Å². The molecular weight excluding hydrogens is 216 g/mol. The Morgan fingerprint density at radius 2 is 2.24 bits per heavy atom. The lowest BCUT2D eigenvalue weighted by Gasteiger charge is -2.15. The smallest absolute Gasteiger partial charge is 0.224 e. The number of hydrogen-bond donors (Lipinski definition) is 1. The second-order valence-corrected chi connectivity index (χ2v) is 4.29. The fraction of sp³-hybridized carbons (Fsp3) is 0.583. The minimum Gasteiger partial charge on any atom is -0.354 e. The van der Waals surface area contributed by atoms with Crippen LogP contribution >= 0.6 is 0 Å². The maximum atomic E-state index is 11.7. The number of aromatic nitrogens is 2. The first-order valence-electron chi connectivity index (χ1n) is 6.07. The highest BCUT2D eigenvalue weighted by Crippen LogP contribution is 2.08. The van der Waals surface area contributed by atoms with Gasteiger partial charge >= 0.3 is 0 Å². The second kappa shape index (κ2) is 5.61. The van der Waals surface area contributed by atoms with Crippen LogP contribution in [-0.4, -0.2) is 40.4 Å². The van der Waals surface area contributed by atoms with E-state index >= 15 is 0 Å². The van der Waals surface area contributed by atoms with E-state index in [0.29, 0.717) is 18.9 Å². The van der Waals surface area contributed by atoms with Gasteiger partial charge in [-0.05, 0) is 25.8 Å². The number of carbonyl (C=O) groups excluding carboxylic acids is 1. The van der Waals surface area contributed by atoms with E-state index in [0.717, 1.165) is 31.6 Å². The molecule has 2 rings (SSSR count). The summed E-state index contributed by atoms with van der Waals surface area (Å²) in [4.78, 5) is 22.0. The van der Waals surface area contributed by atoms with Gasteiger partial charge in [-0.25, -0.2) is 9.97 Å². The van der Waals surface area contributed by atoms with Crippen LogP contribution in [0.4, 0.5) is 5.95 Å². The average molecular weight is 234 g/mol. The molecule has 0 spiro atoms. The Balaban J connectivity index is 1.73. The van der Waals surface area contributed by atoms with Gasteiger partial charge < -0.3 is 10.2 Å². The van der Waals surface area contributed by atoms with E-state index in [2.05, 4.69) is 15.3 Å². The molecule has 1 N–H and O–H groups in total. The summed E-state index contributed by atoms with van der Waals surface area (Å²) in [6.45, 7) is 4.35. The monoisotopic (exact) mass is 234 g/mol. The number of aryl methyl sites for hydroxylation is 1. The molecule has 0 atom stereocenters. The summed E-state index contributed by atoms with van der Waals surface area (Å²) in [5.74, 6) is 0.821. The third-order valence-electron chi connectivity index (χ3n) is 2.88. The van der Waals surface area contributed by atoms with Crippen molar-refractivity contribution < 1.29 is 4.79 Å². The lowest BCUT2D eigenvalue weighted by Crippen LogP contribution is -2.29. The Hall–Kier alpha value is -1.65. The average Bonchev–Trinajstić information content (AvgIpc) is 2.82. The summed E-state index contributed by atoms with van der Waals surface area (Å²) in [6, 6.07) is 1.85. The molecular formula is C12H18N4O. The minimum atomic E-state index is 0.225. The first kappa shape index (κ1) is 11.8. The molecule has 1 aromatic heterocycles. The largest absolute Gasteiger partial charge is 0.354 e. The number of likely N-dealkylation sites (tertiary alicyclic amines) is 1. The SMILES string of the molecule is Cc1ccnc(NCCC(=O)N2CCCC2)n1. The number of carbonyl (C=O) groups is 1. The van der Waals surface area contributed by atoms with Gasteiger partial charge in [0.25, 0.3) is 0 Å². The summed E-state index contributed by atoms with van der Waals surface area (Å²) in [7, 11) is 0. The fourth-order valence-electron chi connectivity index (χ4n) is 1.94. The fourth-order valence-corrected chi connectivity index (χ4v) is 1.94. The molecule has 1 aliphatic heterocycles. The highest BCUT2D eigenvalue weighted by molar-refractivity contribution is 5.76. The topological polar surface area (TPSA) is 58.1 Å². The van der Waals surface area contributed by atoms with Crippen molar-refractivity contribution in [3.63, 3.8) is 0 Å². The Morgan fingerprint density at radius 3 is 2.94 bits per heavy atom. The van der Waals surface area contributed by atoms with Gasteiger partial charge in [0.05, 0.1) is 0 Å². The van der Waals surface area contributed by atoms with Gasteiger partial charge in [0.15, 0.2) is 0 Å². The summed E-state index contributed by atoms with van der Waals surface area (Å²) < 4.78 is 0. The van der Waals surface area contributed by atoms with Crippen LogP contribution in [-0.2, 0) is 4.79 Å². The number of rotatable bonds is 4. The molecule has 5 nitrogen and oxygen atoms in total. The number of hydrogen-bond acceptors (Lipinski definition) is 4. The summed E-state index contributed by atoms with van der Waals surface area (Å²) in [5.41, 5.74) is 0.924. The van der Waals surface area contributed by atoms with Gasteiger partial charge in [-0.1, -0.05) is 0 Å². The van der Waals surface area contributed by atoms with Crippen molar-refractivity contribution >= 4 is 11.9 Å². The third-order valence-corrected chi connectivity index (χ3v) is 2.88. The normalized spacial score (nSPS) is 15.0. The van der Waals surface area contributed by atoms with E-state index in [9.17, 15) is 4.79 Å². The zero-order valence-electron chi connectivity index (χ0n) is 10.1.